The molecular formula is C9H9BrN3O2-. The topological polar surface area (TPSA) is 69.3 Å². The fourth-order valence-corrected chi connectivity index (χ4v) is 1.71. The summed E-state index contributed by atoms with van der Waals surface area (Å²) in [5.74, 6) is 0. The zero-order chi connectivity index (χ0) is 10.8. The highest BCUT2D eigenvalue weighted by atomic mass is 79.9. The summed E-state index contributed by atoms with van der Waals surface area (Å²) in [6.07, 6.45) is 0. The molecule has 80 valence electrons. The van der Waals surface area contributed by atoms with E-state index in [-0.39, 0.29) is 16.7 Å². The summed E-state index contributed by atoms with van der Waals surface area (Å²) in [6.45, 7) is 1.45. The first-order valence-corrected chi connectivity index (χ1v) is 5.30. The molecule has 0 amide bonds. The first-order valence-electron chi connectivity index (χ1n) is 4.50. The third-order valence-corrected chi connectivity index (χ3v) is 2.71. The molecule has 1 heterocycles. The van der Waals surface area contributed by atoms with Crippen molar-refractivity contribution < 1.29 is 4.92 Å². The van der Waals surface area contributed by atoms with Crippen LogP contribution in [0.4, 0.5) is 11.4 Å². The van der Waals surface area contributed by atoms with Crippen LogP contribution in [-0.2, 0) is 0 Å². The summed E-state index contributed by atoms with van der Waals surface area (Å²) in [6, 6.07) is 5.10. The van der Waals surface area contributed by atoms with Gasteiger partial charge in [0.05, 0.1) is 4.92 Å². The molecule has 1 fully saturated rings. The molecular weight excluding hydrogens is 262 g/mol. The number of anilines is 1. The molecule has 2 rings (SSSR count). The highest BCUT2D eigenvalue weighted by Crippen LogP contribution is 2.29. The van der Waals surface area contributed by atoms with Gasteiger partial charge in [0.1, 0.15) is 5.69 Å². The lowest BCUT2D eigenvalue weighted by Crippen LogP contribution is -2.36. The molecule has 5 nitrogen and oxygen atoms in total. The van der Waals surface area contributed by atoms with Gasteiger partial charge in [-0.05, 0) is 18.2 Å². The zero-order valence-electron chi connectivity index (χ0n) is 7.81. The highest BCUT2D eigenvalue weighted by Gasteiger charge is 2.16. The Labute approximate surface area is 95.1 Å². The van der Waals surface area contributed by atoms with E-state index in [2.05, 4.69) is 26.6 Å². The van der Waals surface area contributed by atoms with Crippen molar-refractivity contribution in [2.24, 2.45) is 0 Å². The van der Waals surface area contributed by atoms with Crippen LogP contribution >= 0.6 is 15.9 Å². The second-order valence-corrected chi connectivity index (χ2v) is 4.26. The Bertz CT molecular complexity index is 393. The van der Waals surface area contributed by atoms with Gasteiger partial charge in [-0.2, -0.15) is 0 Å². The monoisotopic (exact) mass is 270 g/mol. The van der Waals surface area contributed by atoms with E-state index in [4.69, 9.17) is 0 Å². The summed E-state index contributed by atoms with van der Waals surface area (Å²) < 4.78 is 0.826. The van der Waals surface area contributed by atoms with Gasteiger partial charge in [0, 0.05) is 10.5 Å². The van der Waals surface area contributed by atoms with Gasteiger partial charge in [-0.25, -0.2) is 0 Å². The van der Waals surface area contributed by atoms with Crippen molar-refractivity contribution in [1.29, 1.82) is 0 Å². The van der Waals surface area contributed by atoms with Gasteiger partial charge in [0.2, 0.25) is 0 Å². The number of hydrogen-bond acceptors (Lipinski definition) is 3. The van der Waals surface area contributed by atoms with Crippen molar-refractivity contribution in [2.45, 2.75) is 6.04 Å². The number of halogens is 1. The number of nitro benzene ring substituents is 1. The smallest absolute Gasteiger partial charge is 0.292 e. The van der Waals surface area contributed by atoms with Crippen LogP contribution < -0.4 is 5.32 Å². The Morgan fingerprint density at radius 2 is 2.27 bits per heavy atom. The molecule has 1 aromatic carbocycles. The Balaban J connectivity index is 2.24. The maximum absolute atomic E-state index is 10.7. The molecule has 1 aliphatic heterocycles. The highest BCUT2D eigenvalue weighted by molar-refractivity contribution is 9.10. The van der Waals surface area contributed by atoms with Crippen molar-refractivity contribution in [3.05, 3.63) is 38.1 Å². The van der Waals surface area contributed by atoms with E-state index in [0.717, 1.165) is 17.6 Å². The molecule has 6 heteroatoms. The number of nitrogens with zero attached hydrogens (tertiary/aromatic N) is 2. The molecule has 0 spiro atoms. The molecule has 1 aromatic rings. The SMILES string of the molecule is O=[N+]([O-])c1ccc(Br)cc1NC1C[N-]C1. The quantitative estimate of drug-likeness (QED) is 0.678. The van der Waals surface area contributed by atoms with E-state index >= 15 is 0 Å². The van der Waals surface area contributed by atoms with Gasteiger partial charge in [0.15, 0.2) is 0 Å². The molecule has 0 aliphatic carbocycles. The summed E-state index contributed by atoms with van der Waals surface area (Å²) in [7, 11) is 0. The summed E-state index contributed by atoms with van der Waals surface area (Å²) in [4.78, 5) is 10.4. The molecule has 0 aromatic heterocycles. The number of nitro groups is 1. The van der Waals surface area contributed by atoms with E-state index in [1.165, 1.54) is 6.07 Å². The van der Waals surface area contributed by atoms with Crippen LogP contribution in [-0.4, -0.2) is 24.1 Å². The van der Waals surface area contributed by atoms with Crippen LogP contribution in [0.1, 0.15) is 0 Å². The van der Waals surface area contributed by atoms with E-state index in [9.17, 15) is 10.1 Å². The Morgan fingerprint density at radius 3 is 2.80 bits per heavy atom. The van der Waals surface area contributed by atoms with E-state index < -0.39 is 0 Å². The van der Waals surface area contributed by atoms with Crippen LogP contribution in [0.25, 0.3) is 5.32 Å². The Hall–Kier alpha value is -1.14. The minimum absolute atomic E-state index is 0.102. The second-order valence-electron chi connectivity index (χ2n) is 3.35. The van der Waals surface area contributed by atoms with Crippen LogP contribution in [0.2, 0.25) is 0 Å². The van der Waals surface area contributed by atoms with E-state index in [0.29, 0.717) is 5.69 Å². The van der Waals surface area contributed by atoms with Crippen LogP contribution in [0, 0.1) is 10.1 Å². The molecule has 1 saturated heterocycles. The van der Waals surface area contributed by atoms with Crippen LogP contribution in [0.15, 0.2) is 22.7 Å². The summed E-state index contributed by atoms with van der Waals surface area (Å²) in [5.41, 5.74) is 0.652. The maximum Gasteiger partial charge on any atom is 0.292 e. The molecule has 0 atom stereocenters. The number of benzene rings is 1. The lowest BCUT2D eigenvalue weighted by molar-refractivity contribution is -0.384. The third-order valence-electron chi connectivity index (χ3n) is 2.21. The zero-order valence-corrected chi connectivity index (χ0v) is 9.40. The van der Waals surface area contributed by atoms with Gasteiger partial charge < -0.3 is 10.6 Å². The maximum atomic E-state index is 10.7. The third kappa shape index (κ3) is 2.27. The summed E-state index contributed by atoms with van der Waals surface area (Å²) in [5, 5.41) is 17.9. The number of nitrogens with one attached hydrogen (secondary N) is 1. The Morgan fingerprint density at radius 1 is 1.53 bits per heavy atom. The predicted octanol–water partition coefficient (Wildman–Crippen LogP) is 2.53. The first-order chi connectivity index (χ1) is 7.16. The van der Waals surface area contributed by atoms with Crippen molar-refractivity contribution in [2.75, 3.05) is 18.4 Å². The molecule has 0 saturated carbocycles. The fourth-order valence-electron chi connectivity index (χ4n) is 1.35. The predicted molar refractivity (Wildman–Crippen MR) is 61.3 cm³/mol. The minimum atomic E-state index is -0.384. The summed E-state index contributed by atoms with van der Waals surface area (Å²) >= 11 is 3.29. The number of rotatable bonds is 3. The van der Waals surface area contributed by atoms with Crippen LogP contribution in [0.5, 0.6) is 0 Å². The second kappa shape index (κ2) is 4.16. The molecule has 0 unspecified atom stereocenters. The van der Waals surface area contributed by atoms with Crippen molar-refractivity contribution >= 4 is 27.3 Å². The van der Waals surface area contributed by atoms with Gasteiger partial charge in [-0.15, -0.1) is 13.1 Å². The normalized spacial score (nSPS) is 15.8. The standard InChI is InChI=1S/C9H9BrN3O2/c10-6-1-2-9(13(14)15)8(3-6)12-7-4-11-5-7/h1-3,7,12H,4-5H2/q-1. The van der Waals surface area contributed by atoms with Crippen LogP contribution in [0.3, 0.4) is 0 Å². The largest absolute Gasteiger partial charge is 0.659 e. The number of hydrogen-bond donors (Lipinski definition) is 1. The van der Waals surface area contributed by atoms with E-state index in [1.807, 2.05) is 0 Å². The van der Waals surface area contributed by atoms with Gasteiger partial charge in [-0.1, -0.05) is 15.9 Å². The lowest BCUT2D eigenvalue weighted by Gasteiger charge is -2.42. The van der Waals surface area contributed by atoms with Crippen molar-refractivity contribution in [1.82, 2.24) is 0 Å². The van der Waals surface area contributed by atoms with E-state index in [1.54, 1.807) is 12.1 Å². The average molecular weight is 271 g/mol. The molecule has 15 heavy (non-hydrogen) atoms. The lowest BCUT2D eigenvalue weighted by atomic mass is 10.1. The van der Waals surface area contributed by atoms with Gasteiger partial charge in [-0.3, -0.25) is 10.1 Å². The van der Waals surface area contributed by atoms with Gasteiger partial charge in [0.25, 0.3) is 5.69 Å². The first kappa shape index (κ1) is 10.4. The van der Waals surface area contributed by atoms with Crippen molar-refractivity contribution in [3.63, 3.8) is 0 Å². The molecule has 0 radical (unpaired) electrons. The average Bonchev–Trinajstić information content (AvgIpc) is 2.11. The Kier molecular flexibility index (Phi) is 2.88. The minimum Gasteiger partial charge on any atom is -0.659 e. The molecule has 1 aliphatic rings. The fraction of sp³-hybridized carbons (Fsp3) is 0.333. The van der Waals surface area contributed by atoms with Crippen molar-refractivity contribution in [3.8, 4) is 0 Å². The van der Waals surface area contributed by atoms with Gasteiger partial charge >= 0.3 is 0 Å². The molecule has 0 bridgehead atoms. The molecule has 1 N–H and O–H groups in total.